The first-order valence-electron chi connectivity index (χ1n) is 5.77. The van der Waals surface area contributed by atoms with E-state index in [1.807, 2.05) is 30.3 Å². The molecule has 18 heavy (non-hydrogen) atoms. The van der Waals surface area contributed by atoms with Crippen molar-refractivity contribution in [3.8, 4) is 0 Å². The van der Waals surface area contributed by atoms with Gasteiger partial charge in [-0.05, 0) is 12.6 Å². The Bertz CT molecular complexity index is 434. The molecular weight excluding hydrogens is 252 g/mol. The molecule has 0 saturated heterocycles. The summed E-state index contributed by atoms with van der Waals surface area (Å²) in [4.78, 5) is 0. The van der Waals surface area contributed by atoms with Gasteiger partial charge in [0, 0.05) is 13.7 Å². The molecule has 6 heteroatoms. The van der Waals surface area contributed by atoms with Crippen molar-refractivity contribution in [1.29, 1.82) is 0 Å². The van der Waals surface area contributed by atoms with E-state index in [1.165, 1.54) is 7.05 Å². The molecule has 1 atom stereocenters. The minimum Gasteiger partial charge on any atom is -0.383 e. The van der Waals surface area contributed by atoms with E-state index in [0.717, 1.165) is 5.56 Å². The summed E-state index contributed by atoms with van der Waals surface area (Å²) in [5, 5.41) is 3.18. The number of sulfonamides is 1. The largest absolute Gasteiger partial charge is 0.383 e. The maximum atomic E-state index is 11.3. The normalized spacial score (nSPS) is 13.4. The van der Waals surface area contributed by atoms with Crippen LogP contribution in [-0.2, 0) is 14.8 Å². The molecule has 5 nitrogen and oxygen atoms in total. The van der Waals surface area contributed by atoms with E-state index >= 15 is 0 Å². The van der Waals surface area contributed by atoms with Gasteiger partial charge in [0.2, 0.25) is 10.0 Å². The molecule has 0 aliphatic heterocycles. The fourth-order valence-electron chi connectivity index (χ4n) is 1.59. The molecule has 0 bridgehead atoms. The third kappa shape index (κ3) is 5.14. The van der Waals surface area contributed by atoms with Gasteiger partial charge in [-0.2, -0.15) is 0 Å². The topological polar surface area (TPSA) is 67.4 Å². The minimum absolute atomic E-state index is 0.00301. The van der Waals surface area contributed by atoms with Gasteiger partial charge in [0.25, 0.3) is 0 Å². The first-order chi connectivity index (χ1) is 8.59. The van der Waals surface area contributed by atoms with Crippen LogP contribution in [0.2, 0.25) is 0 Å². The Kier molecular flexibility index (Phi) is 6.28. The van der Waals surface area contributed by atoms with Gasteiger partial charge in [-0.25, -0.2) is 13.1 Å². The molecular formula is C12H20N2O3S. The zero-order chi connectivity index (χ0) is 13.4. The molecule has 1 aromatic rings. The number of benzene rings is 1. The number of ether oxygens (including phenoxy) is 1. The predicted octanol–water partition coefficient (Wildman–Crippen LogP) is 0.513. The highest BCUT2D eigenvalue weighted by molar-refractivity contribution is 7.89. The van der Waals surface area contributed by atoms with Crippen LogP contribution in [0, 0.1) is 0 Å². The highest BCUT2D eigenvalue weighted by atomic mass is 32.2. The first kappa shape index (κ1) is 15.1. The number of hydrogen-bond donors (Lipinski definition) is 2. The lowest BCUT2D eigenvalue weighted by Gasteiger charge is -2.18. The van der Waals surface area contributed by atoms with Gasteiger partial charge >= 0.3 is 0 Å². The van der Waals surface area contributed by atoms with Crippen LogP contribution in [0.15, 0.2) is 30.3 Å². The van der Waals surface area contributed by atoms with Crippen molar-refractivity contribution in [1.82, 2.24) is 10.0 Å². The van der Waals surface area contributed by atoms with Crippen LogP contribution < -0.4 is 10.0 Å². The fraction of sp³-hybridized carbons (Fsp3) is 0.500. The van der Waals surface area contributed by atoms with Crippen LogP contribution in [0.4, 0.5) is 0 Å². The highest BCUT2D eigenvalue weighted by Crippen LogP contribution is 2.12. The number of nitrogens with one attached hydrogen (secondary N) is 2. The van der Waals surface area contributed by atoms with E-state index in [0.29, 0.717) is 13.2 Å². The summed E-state index contributed by atoms with van der Waals surface area (Å²) < 4.78 is 30.0. The lowest BCUT2D eigenvalue weighted by molar-refractivity contribution is 0.168. The van der Waals surface area contributed by atoms with Gasteiger partial charge < -0.3 is 10.1 Å². The molecule has 0 aromatic heterocycles. The molecule has 1 rings (SSSR count). The Morgan fingerprint density at radius 3 is 2.50 bits per heavy atom. The van der Waals surface area contributed by atoms with E-state index in [1.54, 1.807) is 7.11 Å². The Labute approximate surface area is 109 Å². The molecule has 0 heterocycles. The standard InChI is InChI=1S/C12H20N2O3S/c1-13-18(15,16)9-8-14-12(10-17-2)11-6-4-3-5-7-11/h3-7,12-14H,8-10H2,1-2H3. The smallest absolute Gasteiger partial charge is 0.212 e. The molecule has 2 N–H and O–H groups in total. The van der Waals surface area contributed by atoms with Crippen LogP contribution in [0.3, 0.4) is 0 Å². The summed E-state index contributed by atoms with van der Waals surface area (Å²) in [6, 6.07) is 9.82. The fourth-order valence-corrected chi connectivity index (χ4v) is 2.19. The molecule has 0 aliphatic carbocycles. The second kappa shape index (κ2) is 7.48. The highest BCUT2D eigenvalue weighted by Gasteiger charge is 2.12. The maximum absolute atomic E-state index is 11.3. The summed E-state index contributed by atoms with van der Waals surface area (Å²) in [6.07, 6.45) is 0. The molecule has 0 fully saturated rings. The Morgan fingerprint density at radius 1 is 1.28 bits per heavy atom. The molecule has 0 aliphatic rings. The first-order valence-corrected chi connectivity index (χ1v) is 7.43. The molecule has 0 saturated carbocycles. The second-order valence-electron chi connectivity index (χ2n) is 3.90. The molecule has 0 spiro atoms. The zero-order valence-corrected chi connectivity index (χ0v) is 11.5. The average Bonchev–Trinajstić information content (AvgIpc) is 2.39. The van der Waals surface area contributed by atoms with Crippen molar-refractivity contribution >= 4 is 10.0 Å². The van der Waals surface area contributed by atoms with E-state index < -0.39 is 10.0 Å². The summed E-state index contributed by atoms with van der Waals surface area (Å²) in [6.45, 7) is 0.885. The van der Waals surface area contributed by atoms with Gasteiger partial charge in [-0.3, -0.25) is 0 Å². The third-order valence-corrected chi connectivity index (χ3v) is 3.97. The SMILES string of the molecule is CNS(=O)(=O)CCNC(COC)c1ccccc1. The van der Waals surface area contributed by atoms with Crippen molar-refractivity contribution < 1.29 is 13.2 Å². The summed E-state index contributed by atoms with van der Waals surface area (Å²) >= 11 is 0. The third-order valence-electron chi connectivity index (χ3n) is 2.61. The lowest BCUT2D eigenvalue weighted by atomic mass is 10.1. The molecule has 1 unspecified atom stereocenters. The summed E-state index contributed by atoms with van der Waals surface area (Å²) in [5.41, 5.74) is 1.08. The second-order valence-corrected chi connectivity index (χ2v) is 5.94. The molecule has 102 valence electrons. The average molecular weight is 272 g/mol. The lowest BCUT2D eigenvalue weighted by Crippen LogP contribution is -2.33. The monoisotopic (exact) mass is 272 g/mol. The Balaban J connectivity index is 2.54. The zero-order valence-electron chi connectivity index (χ0n) is 10.7. The molecule has 0 amide bonds. The van der Waals surface area contributed by atoms with Gasteiger partial charge in [-0.15, -0.1) is 0 Å². The van der Waals surface area contributed by atoms with Gasteiger partial charge in [0.05, 0.1) is 18.4 Å². The van der Waals surface area contributed by atoms with Crippen LogP contribution in [0.1, 0.15) is 11.6 Å². The Morgan fingerprint density at radius 2 is 1.94 bits per heavy atom. The van der Waals surface area contributed by atoms with Crippen molar-refractivity contribution in [2.24, 2.45) is 0 Å². The van der Waals surface area contributed by atoms with E-state index in [4.69, 9.17) is 4.74 Å². The number of rotatable bonds is 8. The van der Waals surface area contributed by atoms with Crippen molar-refractivity contribution in [3.63, 3.8) is 0 Å². The van der Waals surface area contributed by atoms with Crippen LogP contribution >= 0.6 is 0 Å². The summed E-state index contributed by atoms with van der Waals surface area (Å²) in [5.74, 6) is 0.0521. The molecule has 0 radical (unpaired) electrons. The minimum atomic E-state index is -3.17. The van der Waals surface area contributed by atoms with Crippen molar-refractivity contribution in [3.05, 3.63) is 35.9 Å². The van der Waals surface area contributed by atoms with Crippen LogP contribution in [0.25, 0.3) is 0 Å². The van der Waals surface area contributed by atoms with Gasteiger partial charge in [0.15, 0.2) is 0 Å². The van der Waals surface area contributed by atoms with Crippen molar-refractivity contribution in [2.45, 2.75) is 6.04 Å². The quantitative estimate of drug-likeness (QED) is 0.724. The van der Waals surface area contributed by atoms with Crippen LogP contribution in [-0.4, -0.2) is 41.5 Å². The van der Waals surface area contributed by atoms with E-state index in [-0.39, 0.29) is 11.8 Å². The van der Waals surface area contributed by atoms with E-state index in [9.17, 15) is 8.42 Å². The van der Waals surface area contributed by atoms with Gasteiger partial charge in [-0.1, -0.05) is 30.3 Å². The Hall–Kier alpha value is -0.950. The van der Waals surface area contributed by atoms with Gasteiger partial charge in [0.1, 0.15) is 0 Å². The predicted molar refractivity (Wildman–Crippen MR) is 71.9 cm³/mol. The van der Waals surface area contributed by atoms with Crippen LogP contribution in [0.5, 0.6) is 0 Å². The number of methoxy groups -OCH3 is 1. The van der Waals surface area contributed by atoms with E-state index in [2.05, 4.69) is 10.0 Å². The van der Waals surface area contributed by atoms with Crippen molar-refractivity contribution in [2.75, 3.05) is 33.1 Å². The summed E-state index contributed by atoms with van der Waals surface area (Å²) in [7, 11) is -0.123. The number of hydrogen-bond acceptors (Lipinski definition) is 4. The molecule has 1 aromatic carbocycles. The maximum Gasteiger partial charge on any atom is 0.212 e.